The van der Waals surface area contributed by atoms with Crippen LogP contribution >= 0.6 is 23.1 Å². The van der Waals surface area contributed by atoms with E-state index >= 15 is 0 Å². The first-order valence-electron chi connectivity index (χ1n) is 6.91. The van der Waals surface area contributed by atoms with Gasteiger partial charge in [0.15, 0.2) is 0 Å². The van der Waals surface area contributed by atoms with Crippen molar-refractivity contribution in [3.05, 3.63) is 55.0 Å². The largest absolute Gasteiger partial charge is 0.336 e. The number of carbonyl (C=O) groups excluding carboxylic acids is 1. The zero-order valence-electron chi connectivity index (χ0n) is 11.7. The van der Waals surface area contributed by atoms with Crippen molar-refractivity contribution in [3.63, 3.8) is 0 Å². The van der Waals surface area contributed by atoms with E-state index in [0.717, 1.165) is 18.2 Å². The van der Waals surface area contributed by atoms with Crippen molar-refractivity contribution in [2.75, 3.05) is 18.8 Å². The molecule has 0 radical (unpaired) electrons. The van der Waals surface area contributed by atoms with Crippen LogP contribution in [-0.2, 0) is 0 Å². The summed E-state index contributed by atoms with van der Waals surface area (Å²) in [5.74, 6) is 0.539. The fourth-order valence-electron chi connectivity index (χ4n) is 2.43. The number of aromatic amines is 2. The van der Waals surface area contributed by atoms with Gasteiger partial charge >= 0.3 is 5.69 Å². The highest BCUT2D eigenvalue weighted by Crippen LogP contribution is 2.36. The number of hydrogen-bond acceptors (Lipinski definition) is 5. The molecule has 1 fully saturated rings. The highest BCUT2D eigenvalue weighted by Gasteiger charge is 2.24. The molecule has 1 aliphatic heterocycles. The van der Waals surface area contributed by atoms with Gasteiger partial charge in [0.25, 0.3) is 11.5 Å². The first-order valence-corrected chi connectivity index (χ1v) is 8.84. The van der Waals surface area contributed by atoms with Crippen LogP contribution in [-0.4, -0.2) is 39.6 Å². The summed E-state index contributed by atoms with van der Waals surface area (Å²) < 4.78 is 0. The summed E-state index contributed by atoms with van der Waals surface area (Å²) >= 11 is 3.57. The molecule has 1 atom stereocenters. The Morgan fingerprint density at radius 1 is 1.27 bits per heavy atom. The lowest BCUT2D eigenvalue weighted by molar-refractivity contribution is 0.0760. The number of nitrogens with one attached hydrogen (secondary N) is 2. The van der Waals surface area contributed by atoms with Gasteiger partial charge in [-0.2, -0.15) is 11.8 Å². The van der Waals surface area contributed by atoms with Crippen LogP contribution in [0.5, 0.6) is 0 Å². The summed E-state index contributed by atoms with van der Waals surface area (Å²) in [7, 11) is 0. The average Bonchev–Trinajstić information content (AvgIpc) is 2.90. The number of carbonyl (C=O) groups is 1. The van der Waals surface area contributed by atoms with Crippen LogP contribution in [0.3, 0.4) is 0 Å². The highest BCUT2D eigenvalue weighted by molar-refractivity contribution is 7.99. The molecule has 22 heavy (non-hydrogen) atoms. The first kappa shape index (κ1) is 15.1. The molecule has 3 heterocycles. The minimum absolute atomic E-state index is 0.0494. The number of H-pyrrole nitrogens is 2. The van der Waals surface area contributed by atoms with Crippen LogP contribution in [0.15, 0.2) is 33.2 Å². The molecule has 0 bridgehead atoms. The quantitative estimate of drug-likeness (QED) is 0.868. The number of thiophene rings is 1. The molecule has 116 valence electrons. The van der Waals surface area contributed by atoms with Crippen LogP contribution in [0, 0.1) is 0 Å². The monoisotopic (exact) mass is 337 g/mol. The number of amides is 1. The number of rotatable bonds is 2. The molecule has 8 heteroatoms. The Morgan fingerprint density at radius 3 is 2.86 bits per heavy atom. The highest BCUT2D eigenvalue weighted by atomic mass is 32.2. The summed E-state index contributed by atoms with van der Waals surface area (Å²) in [6, 6.07) is 5.29. The summed E-state index contributed by atoms with van der Waals surface area (Å²) in [5, 5.41) is 2.46. The van der Waals surface area contributed by atoms with E-state index in [4.69, 9.17) is 0 Å². The molecular weight excluding hydrogens is 322 g/mol. The average molecular weight is 337 g/mol. The fraction of sp³-hybridized carbons (Fsp3) is 0.357. The molecule has 1 unspecified atom stereocenters. The van der Waals surface area contributed by atoms with Gasteiger partial charge in [0.2, 0.25) is 0 Å². The Bertz CT molecular complexity index is 738. The molecule has 0 saturated carbocycles. The molecule has 0 aliphatic carbocycles. The van der Waals surface area contributed by atoms with E-state index in [9.17, 15) is 14.4 Å². The van der Waals surface area contributed by atoms with Gasteiger partial charge in [-0.1, -0.05) is 6.07 Å². The minimum Gasteiger partial charge on any atom is -0.336 e. The summed E-state index contributed by atoms with van der Waals surface area (Å²) in [6.07, 6.45) is 0.865. The van der Waals surface area contributed by atoms with Gasteiger partial charge in [0, 0.05) is 35.0 Å². The molecule has 2 N–H and O–H groups in total. The molecule has 1 aliphatic rings. The predicted molar refractivity (Wildman–Crippen MR) is 87.7 cm³/mol. The van der Waals surface area contributed by atoms with Crippen molar-refractivity contribution in [3.8, 4) is 0 Å². The Morgan fingerprint density at radius 2 is 2.14 bits per heavy atom. The molecule has 2 aromatic heterocycles. The van der Waals surface area contributed by atoms with Crippen molar-refractivity contribution in [1.29, 1.82) is 0 Å². The maximum Gasteiger partial charge on any atom is 0.326 e. The third-order valence-electron chi connectivity index (χ3n) is 3.48. The molecule has 0 spiro atoms. The Labute approximate surface area is 134 Å². The van der Waals surface area contributed by atoms with Gasteiger partial charge in [0.05, 0.1) is 0 Å². The molecule has 0 aromatic carbocycles. The van der Waals surface area contributed by atoms with Crippen LogP contribution in [0.2, 0.25) is 0 Å². The van der Waals surface area contributed by atoms with E-state index in [1.54, 1.807) is 16.2 Å². The second-order valence-corrected chi connectivity index (χ2v) is 7.25. The topological polar surface area (TPSA) is 86.0 Å². The molecule has 3 rings (SSSR count). The Kier molecular flexibility index (Phi) is 4.49. The predicted octanol–water partition coefficient (Wildman–Crippen LogP) is 1.45. The lowest BCUT2D eigenvalue weighted by atomic mass is 10.2. The molecule has 1 amide bonds. The van der Waals surface area contributed by atoms with Crippen LogP contribution in [0.25, 0.3) is 0 Å². The normalized spacial score (nSPS) is 18.9. The molecule has 2 aromatic rings. The molecule has 1 saturated heterocycles. The molecule has 6 nitrogen and oxygen atoms in total. The van der Waals surface area contributed by atoms with Gasteiger partial charge in [-0.05, 0) is 17.9 Å². The maximum atomic E-state index is 12.4. The van der Waals surface area contributed by atoms with E-state index in [-0.39, 0.29) is 11.6 Å². The Balaban J connectivity index is 1.74. The van der Waals surface area contributed by atoms with Crippen molar-refractivity contribution in [1.82, 2.24) is 14.9 Å². The standard InChI is InChI=1S/C14H15N3O3S2/c18-12-8-9(15-14(20)16-12)13(19)17-4-3-11(22-7-5-17)10-2-1-6-21-10/h1-2,6,8,11H,3-5,7H2,(H2,15,16,18,20). The summed E-state index contributed by atoms with van der Waals surface area (Å²) in [4.78, 5) is 42.5. The number of nitrogens with zero attached hydrogens (tertiary/aromatic N) is 1. The number of thioether (sulfide) groups is 1. The van der Waals surface area contributed by atoms with Crippen molar-refractivity contribution >= 4 is 29.0 Å². The summed E-state index contributed by atoms with van der Waals surface area (Å²) in [5.41, 5.74) is -1.17. The zero-order valence-corrected chi connectivity index (χ0v) is 13.3. The van der Waals surface area contributed by atoms with Crippen LogP contribution < -0.4 is 11.2 Å². The minimum atomic E-state index is -0.656. The van der Waals surface area contributed by atoms with Gasteiger partial charge < -0.3 is 9.88 Å². The van der Waals surface area contributed by atoms with Gasteiger partial charge in [-0.25, -0.2) is 4.79 Å². The second-order valence-electron chi connectivity index (χ2n) is 4.96. The zero-order chi connectivity index (χ0) is 15.5. The lowest BCUT2D eigenvalue weighted by Crippen LogP contribution is -2.36. The van der Waals surface area contributed by atoms with Gasteiger partial charge in [-0.3, -0.25) is 14.6 Å². The van der Waals surface area contributed by atoms with Crippen LogP contribution in [0.4, 0.5) is 0 Å². The van der Waals surface area contributed by atoms with Crippen molar-refractivity contribution in [2.24, 2.45) is 0 Å². The Hall–Kier alpha value is -1.80. The van der Waals surface area contributed by atoms with Crippen LogP contribution in [0.1, 0.15) is 27.0 Å². The third kappa shape index (κ3) is 3.33. The van der Waals surface area contributed by atoms with Crippen molar-refractivity contribution in [2.45, 2.75) is 11.7 Å². The smallest absolute Gasteiger partial charge is 0.326 e. The second kappa shape index (κ2) is 6.53. The van der Waals surface area contributed by atoms with E-state index < -0.39 is 11.2 Å². The van der Waals surface area contributed by atoms with Gasteiger partial charge in [0.1, 0.15) is 5.69 Å². The van der Waals surface area contributed by atoms with E-state index in [2.05, 4.69) is 21.4 Å². The number of aromatic nitrogens is 2. The number of hydrogen-bond donors (Lipinski definition) is 2. The molecular formula is C14H15N3O3S2. The van der Waals surface area contributed by atoms with E-state index in [1.807, 2.05) is 17.8 Å². The van der Waals surface area contributed by atoms with Crippen molar-refractivity contribution < 1.29 is 4.79 Å². The third-order valence-corrected chi connectivity index (χ3v) is 5.93. The first-order chi connectivity index (χ1) is 10.6. The van der Waals surface area contributed by atoms with E-state index in [1.165, 1.54) is 4.88 Å². The fourth-order valence-corrected chi connectivity index (χ4v) is 4.67. The summed E-state index contributed by atoms with van der Waals surface area (Å²) in [6.45, 7) is 1.23. The lowest BCUT2D eigenvalue weighted by Gasteiger charge is -2.19. The maximum absolute atomic E-state index is 12.4. The SMILES string of the molecule is O=C(c1cc(=O)[nH]c(=O)[nH]1)N1CCSC(c2cccs2)CC1. The van der Waals surface area contributed by atoms with E-state index in [0.29, 0.717) is 18.3 Å². The van der Waals surface area contributed by atoms with Gasteiger partial charge in [-0.15, -0.1) is 11.3 Å².